The molecule has 0 unspecified atom stereocenters. The standard InChI is InChI=1S/C15H17BrN2OS/c1-11-14(16)7-13(20-11)9-17-10-15(19)18-8-12-5-3-2-4-6-12/h2-7,17H,8-10H2,1H3,(H,18,19). The number of hydrogen-bond donors (Lipinski definition) is 2. The monoisotopic (exact) mass is 352 g/mol. The highest BCUT2D eigenvalue weighted by Gasteiger charge is 2.04. The number of hydrogen-bond acceptors (Lipinski definition) is 3. The summed E-state index contributed by atoms with van der Waals surface area (Å²) in [7, 11) is 0. The number of aryl methyl sites for hydroxylation is 1. The number of benzene rings is 1. The summed E-state index contributed by atoms with van der Waals surface area (Å²) in [5, 5.41) is 6.05. The summed E-state index contributed by atoms with van der Waals surface area (Å²) in [6.07, 6.45) is 0. The summed E-state index contributed by atoms with van der Waals surface area (Å²) >= 11 is 5.23. The van der Waals surface area contributed by atoms with Crippen LogP contribution in [0, 0.1) is 6.92 Å². The average molecular weight is 353 g/mol. The van der Waals surface area contributed by atoms with Crippen LogP contribution in [0.1, 0.15) is 15.3 Å². The predicted molar refractivity (Wildman–Crippen MR) is 86.8 cm³/mol. The molecule has 2 aromatic rings. The highest BCUT2D eigenvalue weighted by Crippen LogP contribution is 2.25. The Labute approximate surface area is 131 Å². The number of rotatable bonds is 6. The first-order valence-electron chi connectivity index (χ1n) is 6.41. The normalized spacial score (nSPS) is 10.5. The third kappa shape index (κ3) is 4.74. The minimum absolute atomic E-state index is 0.0150. The number of carbonyl (C=O) groups excluding carboxylic acids is 1. The van der Waals surface area contributed by atoms with E-state index in [1.54, 1.807) is 11.3 Å². The van der Waals surface area contributed by atoms with Crippen LogP contribution in [0.2, 0.25) is 0 Å². The van der Waals surface area contributed by atoms with E-state index >= 15 is 0 Å². The van der Waals surface area contributed by atoms with Crippen molar-refractivity contribution in [3.63, 3.8) is 0 Å². The number of amides is 1. The first-order chi connectivity index (χ1) is 9.65. The lowest BCUT2D eigenvalue weighted by Gasteiger charge is -2.06. The summed E-state index contributed by atoms with van der Waals surface area (Å²) in [4.78, 5) is 14.2. The summed E-state index contributed by atoms with van der Waals surface area (Å²) < 4.78 is 1.13. The van der Waals surface area contributed by atoms with Crippen LogP contribution in [0.5, 0.6) is 0 Å². The van der Waals surface area contributed by atoms with Gasteiger partial charge in [-0.05, 0) is 34.5 Å². The summed E-state index contributed by atoms with van der Waals surface area (Å²) in [6.45, 7) is 3.70. The first-order valence-corrected chi connectivity index (χ1v) is 8.02. The molecule has 1 amide bonds. The number of halogens is 1. The Morgan fingerprint density at radius 2 is 2.00 bits per heavy atom. The van der Waals surface area contributed by atoms with Gasteiger partial charge in [0.1, 0.15) is 0 Å². The molecule has 0 radical (unpaired) electrons. The van der Waals surface area contributed by atoms with Gasteiger partial charge in [-0.3, -0.25) is 4.79 Å². The molecule has 0 atom stereocenters. The van der Waals surface area contributed by atoms with Crippen LogP contribution < -0.4 is 10.6 Å². The Kier molecular flexibility index (Phi) is 5.76. The molecule has 0 aliphatic carbocycles. The Balaban J connectivity index is 1.68. The van der Waals surface area contributed by atoms with Gasteiger partial charge in [0, 0.05) is 27.3 Å². The topological polar surface area (TPSA) is 41.1 Å². The summed E-state index contributed by atoms with van der Waals surface area (Å²) in [5.74, 6) is 0.0150. The molecule has 0 saturated carbocycles. The first kappa shape index (κ1) is 15.2. The smallest absolute Gasteiger partial charge is 0.234 e. The molecule has 0 fully saturated rings. The quantitative estimate of drug-likeness (QED) is 0.837. The van der Waals surface area contributed by atoms with Crippen LogP contribution in [-0.2, 0) is 17.9 Å². The van der Waals surface area contributed by atoms with Crippen molar-refractivity contribution in [1.82, 2.24) is 10.6 Å². The number of thiophene rings is 1. The molecule has 3 nitrogen and oxygen atoms in total. The van der Waals surface area contributed by atoms with Crippen LogP contribution in [0.25, 0.3) is 0 Å². The molecular formula is C15H17BrN2OS. The lowest BCUT2D eigenvalue weighted by molar-refractivity contribution is -0.120. The molecule has 0 aliphatic rings. The second-order valence-electron chi connectivity index (χ2n) is 4.48. The van der Waals surface area contributed by atoms with Crippen LogP contribution in [0.3, 0.4) is 0 Å². The fraction of sp³-hybridized carbons (Fsp3) is 0.267. The minimum atomic E-state index is 0.0150. The van der Waals surface area contributed by atoms with E-state index in [0.29, 0.717) is 13.1 Å². The molecule has 2 rings (SSSR count). The zero-order chi connectivity index (χ0) is 14.4. The van der Waals surface area contributed by atoms with E-state index in [1.165, 1.54) is 9.75 Å². The maximum Gasteiger partial charge on any atom is 0.234 e. The number of carbonyl (C=O) groups is 1. The summed E-state index contributed by atoms with van der Waals surface area (Å²) in [5.41, 5.74) is 1.11. The highest BCUT2D eigenvalue weighted by molar-refractivity contribution is 9.10. The molecule has 0 aliphatic heterocycles. The maximum absolute atomic E-state index is 11.7. The second kappa shape index (κ2) is 7.57. The minimum Gasteiger partial charge on any atom is -0.351 e. The van der Waals surface area contributed by atoms with E-state index < -0.39 is 0 Å². The SMILES string of the molecule is Cc1sc(CNCC(=O)NCc2ccccc2)cc1Br. The third-order valence-corrected chi connectivity index (χ3v) is 4.96. The third-order valence-electron chi connectivity index (χ3n) is 2.83. The molecule has 1 aromatic carbocycles. The van der Waals surface area contributed by atoms with E-state index in [1.807, 2.05) is 30.3 Å². The molecule has 1 aromatic heterocycles. The van der Waals surface area contributed by atoms with Crippen molar-refractivity contribution >= 4 is 33.2 Å². The van der Waals surface area contributed by atoms with Gasteiger partial charge in [0.25, 0.3) is 0 Å². The van der Waals surface area contributed by atoms with Gasteiger partial charge in [0.15, 0.2) is 0 Å². The second-order valence-corrected chi connectivity index (χ2v) is 6.68. The van der Waals surface area contributed by atoms with Crippen molar-refractivity contribution in [2.75, 3.05) is 6.54 Å². The molecule has 0 spiro atoms. The van der Waals surface area contributed by atoms with E-state index in [2.05, 4.69) is 39.6 Å². The maximum atomic E-state index is 11.7. The Morgan fingerprint density at radius 1 is 1.25 bits per heavy atom. The van der Waals surface area contributed by atoms with E-state index in [-0.39, 0.29) is 5.91 Å². The van der Waals surface area contributed by atoms with Crippen LogP contribution >= 0.6 is 27.3 Å². The lowest BCUT2D eigenvalue weighted by atomic mass is 10.2. The van der Waals surface area contributed by atoms with Crippen molar-refractivity contribution in [1.29, 1.82) is 0 Å². The predicted octanol–water partition coefficient (Wildman–Crippen LogP) is 3.23. The molecule has 20 heavy (non-hydrogen) atoms. The zero-order valence-electron chi connectivity index (χ0n) is 11.3. The zero-order valence-corrected chi connectivity index (χ0v) is 13.7. The van der Waals surface area contributed by atoms with Gasteiger partial charge in [-0.1, -0.05) is 30.3 Å². The van der Waals surface area contributed by atoms with Gasteiger partial charge >= 0.3 is 0 Å². The van der Waals surface area contributed by atoms with Crippen LogP contribution in [0.15, 0.2) is 40.9 Å². The van der Waals surface area contributed by atoms with Crippen molar-refractivity contribution in [2.45, 2.75) is 20.0 Å². The number of nitrogens with one attached hydrogen (secondary N) is 2. The highest BCUT2D eigenvalue weighted by atomic mass is 79.9. The van der Waals surface area contributed by atoms with Gasteiger partial charge in [0.2, 0.25) is 5.91 Å². The lowest BCUT2D eigenvalue weighted by Crippen LogP contribution is -2.33. The fourth-order valence-electron chi connectivity index (χ4n) is 1.76. The Morgan fingerprint density at radius 3 is 2.65 bits per heavy atom. The Bertz CT molecular complexity index is 549. The molecule has 1 heterocycles. The largest absolute Gasteiger partial charge is 0.351 e. The van der Waals surface area contributed by atoms with Gasteiger partial charge in [-0.15, -0.1) is 11.3 Å². The van der Waals surface area contributed by atoms with Gasteiger partial charge in [-0.2, -0.15) is 0 Å². The van der Waals surface area contributed by atoms with Crippen molar-refractivity contribution in [3.05, 3.63) is 56.2 Å². The van der Waals surface area contributed by atoms with Crippen LogP contribution in [0.4, 0.5) is 0 Å². The van der Waals surface area contributed by atoms with Gasteiger partial charge in [-0.25, -0.2) is 0 Å². The average Bonchev–Trinajstić information content (AvgIpc) is 2.76. The summed E-state index contributed by atoms with van der Waals surface area (Å²) in [6, 6.07) is 12.0. The molecule has 0 saturated heterocycles. The van der Waals surface area contributed by atoms with E-state index in [0.717, 1.165) is 16.6 Å². The van der Waals surface area contributed by atoms with Gasteiger partial charge in [0.05, 0.1) is 6.54 Å². The van der Waals surface area contributed by atoms with Crippen molar-refractivity contribution in [3.8, 4) is 0 Å². The molecule has 106 valence electrons. The Hall–Kier alpha value is -1.17. The van der Waals surface area contributed by atoms with E-state index in [4.69, 9.17) is 0 Å². The van der Waals surface area contributed by atoms with Gasteiger partial charge < -0.3 is 10.6 Å². The van der Waals surface area contributed by atoms with Crippen molar-refractivity contribution in [2.24, 2.45) is 0 Å². The molecule has 5 heteroatoms. The van der Waals surface area contributed by atoms with Crippen molar-refractivity contribution < 1.29 is 4.79 Å². The molecular weight excluding hydrogens is 336 g/mol. The molecule has 0 bridgehead atoms. The fourth-order valence-corrected chi connectivity index (χ4v) is 3.33. The van der Waals surface area contributed by atoms with Crippen LogP contribution in [-0.4, -0.2) is 12.5 Å². The molecule has 2 N–H and O–H groups in total. The van der Waals surface area contributed by atoms with E-state index in [9.17, 15) is 4.79 Å².